The average Bonchev–Trinajstić information content (AvgIpc) is 3.12. The lowest BCUT2D eigenvalue weighted by molar-refractivity contribution is 0.118. The molecule has 0 bridgehead atoms. The highest BCUT2D eigenvalue weighted by Crippen LogP contribution is 2.37. The fourth-order valence-corrected chi connectivity index (χ4v) is 5.03. The molecule has 1 N–H and O–H groups in total. The lowest BCUT2D eigenvalue weighted by atomic mass is 9.85. The number of hydrogen-bond donors (Lipinski definition) is 1. The van der Waals surface area contributed by atoms with Crippen LogP contribution >= 0.6 is 0 Å². The maximum Gasteiger partial charge on any atom is 0.0502 e. The van der Waals surface area contributed by atoms with E-state index in [2.05, 4.69) is 35.2 Å². The van der Waals surface area contributed by atoms with Crippen molar-refractivity contribution in [3.63, 3.8) is 0 Å². The van der Waals surface area contributed by atoms with Crippen LogP contribution in [0.25, 0.3) is 6.08 Å². The van der Waals surface area contributed by atoms with Crippen molar-refractivity contribution in [1.82, 2.24) is 4.90 Å². The molecule has 1 aromatic carbocycles. The van der Waals surface area contributed by atoms with Gasteiger partial charge in [-0.05, 0) is 55.6 Å². The van der Waals surface area contributed by atoms with Crippen LogP contribution in [0.5, 0.6) is 0 Å². The van der Waals surface area contributed by atoms with E-state index in [1.165, 1.54) is 82.0 Å². The zero-order chi connectivity index (χ0) is 17.1. The lowest BCUT2D eigenvalue weighted by Crippen LogP contribution is -2.43. The molecule has 4 rings (SSSR count). The van der Waals surface area contributed by atoms with Crippen LogP contribution in [-0.4, -0.2) is 35.7 Å². The molecule has 1 saturated heterocycles. The van der Waals surface area contributed by atoms with Gasteiger partial charge in [-0.2, -0.15) is 0 Å². The molecule has 2 nitrogen and oxygen atoms in total. The Morgan fingerprint density at radius 3 is 2.20 bits per heavy atom. The Bertz CT molecular complexity index is 571. The minimum atomic E-state index is 0.294. The number of benzene rings is 1. The number of aliphatic hydroxyl groups excluding tert-OH is 1. The molecular weight excluding hydrogens is 306 g/mol. The molecule has 0 amide bonds. The van der Waals surface area contributed by atoms with E-state index in [0.29, 0.717) is 18.4 Å². The van der Waals surface area contributed by atoms with Gasteiger partial charge in [0.1, 0.15) is 0 Å². The fourth-order valence-electron chi connectivity index (χ4n) is 5.03. The zero-order valence-corrected chi connectivity index (χ0v) is 15.5. The summed E-state index contributed by atoms with van der Waals surface area (Å²) in [5.74, 6) is 1.03. The summed E-state index contributed by atoms with van der Waals surface area (Å²) in [4.78, 5) is 2.71. The van der Waals surface area contributed by atoms with Crippen molar-refractivity contribution >= 4 is 6.08 Å². The van der Waals surface area contributed by atoms with Crippen molar-refractivity contribution in [2.75, 3.05) is 19.7 Å². The third-order valence-corrected chi connectivity index (χ3v) is 6.93. The number of hydrogen-bond acceptors (Lipinski definition) is 2. The molecule has 136 valence electrons. The SMILES string of the molecule is OCC(c1ccc(C=C2CCN(C3CCC3)CC2)cc1)C1CCCC1. The standard InChI is InChI=1S/C23H33NO/c25-17-23(20-4-1-2-5-20)21-10-8-18(9-11-21)16-19-12-14-24(15-13-19)22-6-3-7-22/h8-11,16,20,22-23,25H,1-7,12-15,17H2. The van der Waals surface area contributed by atoms with Crippen LogP contribution in [0.15, 0.2) is 29.8 Å². The Balaban J connectivity index is 1.36. The van der Waals surface area contributed by atoms with Crippen LogP contribution in [0.3, 0.4) is 0 Å². The molecule has 3 fully saturated rings. The zero-order valence-electron chi connectivity index (χ0n) is 15.5. The van der Waals surface area contributed by atoms with Crippen molar-refractivity contribution in [2.45, 2.75) is 69.7 Å². The summed E-state index contributed by atoms with van der Waals surface area (Å²) >= 11 is 0. The molecule has 25 heavy (non-hydrogen) atoms. The van der Waals surface area contributed by atoms with Gasteiger partial charge in [-0.15, -0.1) is 0 Å². The number of aliphatic hydroxyl groups is 1. The maximum absolute atomic E-state index is 9.85. The van der Waals surface area contributed by atoms with Crippen LogP contribution in [0.2, 0.25) is 0 Å². The number of likely N-dealkylation sites (tertiary alicyclic amines) is 1. The van der Waals surface area contributed by atoms with Crippen LogP contribution in [0.4, 0.5) is 0 Å². The number of nitrogens with zero attached hydrogens (tertiary/aromatic N) is 1. The predicted octanol–water partition coefficient (Wildman–Crippen LogP) is 4.98. The van der Waals surface area contributed by atoms with Gasteiger partial charge in [0.05, 0.1) is 6.61 Å². The van der Waals surface area contributed by atoms with E-state index in [0.717, 1.165) is 6.04 Å². The minimum absolute atomic E-state index is 0.294. The third kappa shape index (κ3) is 4.01. The summed E-state index contributed by atoms with van der Waals surface area (Å²) < 4.78 is 0. The molecule has 1 unspecified atom stereocenters. The van der Waals surface area contributed by atoms with Gasteiger partial charge >= 0.3 is 0 Å². The van der Waals surface area contributed by atoms with Gasteiger partial charge in [-0.3, -0.25) is 4.90 Å². The Labute approximate surface area is 152 Å². The summed E-state index contributed by atoms with van der Waals surface area (Å²) in [5.41, 5.74) is 4.27. The molecule has 1 heterocycles. The molecule has 2 aliphatic carbocycles. The summed E-state index contributed by atoms with van der Waals surface area (Å²) in [5, 5.41) is 9.85. The van der Waals surface area contributed by atoms with Crippen molar-refractivity contribution in [3.8, 4) is 0 Å². The van der Waals surface area contributed by atoms with Crippen molar-refractivity contribution in [2.24, 2.45) is 5.92 Å². The summed E-state index contributed by atoms with van der Waals surface area (Å²) in [6, 6.07) is 9.94. The van der Waals surface area contributed by atoms with Crippen molar-refractivity contribution < 1.29 is 5.11 Å². The maximum atomic E-state index is 9.85. The first kappa shape index (κ1) is 17.3. The van der Waals surface area contributed by atoms with Gasteiger partial charge in [0.2, 0.25) is 0 Å². The van der Waals surface area contributed by atoms with Gasteiger partial charge in [-0.25, -0.2) is 0 Å². The van der Waals surface area contributed by atoms with Crippen LogP contribution in [0, 0.1) is 5.92 Å². The van der Waals surface area contributed by atoms with E-state index in [1.807, 2.05) is 0 Å². The van der Waals surface area contributed by atoms with Crippen LogP contribution < -0.4 is 0 Å². The third-order valence-electron chi connectivity index (χ3n) is 6.93. The van der Waals surface area contributed by atoms with E-state index >= 15 is 0 Å². The second kappa shape index (κ2) is 8.05. The molecule has 3 aliphatic rings. The molecule has 1 aromatic rings. The number of rotatable bonds is 5. The first-order valence-electron chi connectivity index (χ1n) is 10.5. The lowest BCUT2D eigenvalue weighted by Gasteiger charge is -2.40. The molecule has 0 aromatic heterocycles. The highest BCUT2D eigenvalue weighted by molar-refractivity contribution is 5.54. The van der Waals surface area contributed by atoms with Crippen molar-refractivity contribution in [1.29, 1.82) is 0 Å². The Morgan fingerprint density at radius 2 is 1.64 bits per heavy atom. The molecule has 0 radical (unpaired) electrons. The van der Waals surface area contributed by atoms with Gasteiger partial charge in [-0.1, -0.05) is 55.2 Å². The number of piperidine rings is 1. The highest BCUT2D eigenvalue weighted by atomic mass is 16.3. The van der Waals surface area contributed by atoms with Gasteiger partial charge in [0, 0.05) is 25.0 Å². The van der Waals surface area contributed by atoms with Crippen molar-refractivity contribution in [3.05, 3.63) is 41.0 Å². The first-order valence-corrected chi connectivity index (χ1v) is 10.5. The largest absolute Gasteiger partial charge is 0.396 e. The van der Waals surface area contributed by atoms with Gasteiger partial charge in [0.25, 0.3) is 0 Å². The van der Waals surface area contributed by atoms with Gasteiger partial charge in [0.15, 0.2) is 0 Å². The quantitative estimate of drug-likeness (QED) is 0.817. The molecule has 1 atom stereocenters. The summed E-state index contributed by atoms with van der Waals surface area (Å²) in [6.45, 7) is 2.80. The molecule has 2 heteroatoms. The Hall–Kier alpha value is -1.12. The normalized spacial score (nSPS) is 24.3. The topological polar surface area (TPSA) is 23.5 Å². The van der Waals surface area contributed by atoms with E-state index in [1.54, 1.807) is 5.57 Å². The molecular formula is C23H33NO. The smallest absolute Gasteiger partial charge is 0.0502 e. The molecule has 0 spiro atoms. The molecule has 2 saturated carbocycles. The predicted molar refractivity (Wildman–Crippen MR) is 105 cm³/mol. The van der Waals surface area contributed by atoms with E-state index < -0.39 is 0 Å². The summed E-state index contributed by atoms with van der Waals surface area (Å²) in [7, 11) is 0. The monoisotopic (exact) mass is 339 g/mol. The van der Waals surface area contributed by atoms with E-state index in [-0.39, 0.29) is 0 Å². The fraction of sp³-hybridized carbons (Fsp3) is 0.652. The summed E-state index contributed by atoms with van der Waals surface area (Å²) in [6.07, 6.45) is 14.4. The Kier molecular flexibility index (Phi) is 5.57. The van der Waals surface area contributed by atoms with Crippen LogP contribution in [0.1, 0.15) is 74.8 Å². The average molecular weight is 340 g/mol. The van der Waals surface area contributed by atoms with Gasteiger partial charge < -0.3 is 5.11 Å². The first-order chi connectivity index (χ1) is 12.3. The van der Waals surface area contributed by atoms with E-state index in [9.17, 15) is 5.11 Å². The van der Waals surface area contributed by atoms with E-state index in [4.69, 9.17) is 0 Å². The second-order valence-corrected chi connectivity index (χ2v) is 8.42. The van der Waals surface area contributed by atoms with Crippen LogP contribution in [-0.2, 0) is 0 Å². The Morgan fingerprint density at radius 1 is 0.960 bits per heavy atom. The molecule has 1 aliphatic heterocycles. The second-order valence-electron chi connectivity index (χ2n) is 8.42. The highest BCUT2D eigenvalue weighted by Gasteiger charge is 2.27. The minimum Gasteiger partial charge on any atom is -0.396 e.